The van der Waals surface area contributed by atoms with Crippen LogP contribution in [0.1, 0.15) is 17.5 Å². The molecule has 0 radical (unpaired) electrons. The zero-order valence-corrected chi connectivity index (χ0v) is 7.58. The molecule has 0 spiro atoms. The van der Waals surface area contributed by atoms with Crippen molar-refractivity contribution in [2.75, 3.05) is 5.75 Å². The number of rotatable bonds is 0. The molecule has 0 amide bonds. The van der Waals surface area contributed by atoms with Crippen LogP contribution in [0.25, 0.3) is 0 Å². The molecule has 0 saturated carbocycles. The van der Waals surface area contributed by atoms with Gasteiger partial charge in [0.15, 0.2) is 0 Å². The van der Waals surface area contributed by atoms with E-state index < -0.39 is 0 Å². The van der Waals surface area contributed by atoms with Gasteiger partial charge in [-0.1, -0.05) is 17.7 Å². The van der Waals surface area contributed by atoms with Crippen LogP contribution in [-0.2, 0) is 6.42 Å². The molecule has 0 unspecified atom stereocenters. The lowest BCUT2D eigenvalue weighted by Gasteiger charge is -2.14. The molecule has 1 aromatic carbocycles. The molecule has 1 heterocycles. The Hall–Kier alpha value is -0.430. The quantitative estimate of drug-likeness (QED) is 0.568. The maximum atomic E-state index is 2.32. The molecule has 0 saturated heterocycles. The van der Waals surface area contributed by atoms with Crippen molar-refractivity contribution in [3.8, 4) is 0 Å². The fourth-order valence-electron chi connectivity index (χ4n) is 1.49. The third-order valence-electron chi connectivity index (χ3n) is 2.06. The normalized spacial score (nSPS) is 16.1. The number of thioether (sulfide) groups is 1. The van der Waals surface area contributed by atoms with Crippen LogP contribution in [-0.4, -0.2) is 5.75 Å². The Bertz CT molecular complexity index is 266. The Labute approximate surface area is 72.0 Å². The van der Waals surface area contributed by atoms with Crippen molar-refractivity contribution in [1.82, 2.24) is 0 Å². The van der Waals surface area contributed by atoms with E-state index in [9.17, 15) is 0 Å². The Morgan fingerprint density at radius 2 is 2.27 bits per heavy atom. The maximum Gasteiger partial charge on any atom is 0.0104 e. The summed E-state index contributed by atoms with van der Waals surface area (Å²) < 4.78 is 0. The van der Waals surface area contributed by atoms with Crippen molar-refractivity contribution < 1.29 is 0 Å². The molecule has 1 aliphatic heterocycles. The van der Waals surface area contributed by atoms with Crippen LogP contribution in [0.5, 0.6) is 0 Å². The Balaban J connectivity index is 2.43. The van der Waals surface area contributed by atoms with Crippen LogP contribution in [0.4, 0.5) is 0 Å². The molecule has 0 aromatic heterocycles. The van der Waals surface area contributed by atoms with Gasteiger partial charge in [-0.2, -0.15) is 0 Å². The first-order chi connectivity index (χ1) is 5.36. The summed E-state index contributed by atoms with van der Waals surface area (Å²) in [6, 6.07) is 6.78. The molecule has 0 atom stereocenters. The molecule has 0 aliphatic carbocycles. The largest absolute Gasteiger partial charge is 0.126 e. The molecular formula is C10H12S. The smallest absolute Gasteiger partial charge is 0.0104 e. The van der Waals surface area contributed by atoms with Crippen molar-refractivity contribution >= 4 is 11.8 Å². The first kappa shape index (κ1) is 7.23. The number of benzene rings is 1. The zero-order chi connectivity index (χ0) is 7.68. The van der Waals surface area contributed by atoms with E-state index in [0.29, 0.717) is 0 Å². The number of aryl methyl sites for hydroxylation is 2. The number of hydrogen-bond acceptors (Lipinski definition) is 1. The van der Waals surface area contributed by atoms with Gasteiger partial charge < -0.3 is 0 Å². The van der Waals surface area contributed by atoms with Gasteiger partial charge in [0.05, 0.1) is 0 Å². The summed E-state index contributed by atoms with van der Waals surface area (Å²) in [5.74, 6) is 1.30. The summed E-state index contributed by atoms with van der Waals surface area (Å²) in [5, 5.41) is 0. The van der Waals surface area contributed by atoms with E-state index >= 15 is 0 Å². The molecule has 58 valence electrons. The zero-order valence-electron chi connectivity index (χ0n) is 6.76. The monoisotopic (exact) mass is 164 g/mol. The van der Waals surface area contributed by atoms with Crippen LogP contribution >= 0.6 is 11.8 Å². The van der Waals surface area contributed by atoms with Gasteiger partial charge in [-0.3, -0.25) is 0 Å². The lowest BCUT2D eigenvalue weighted by Crippen LogP contribution is -1.97. The Morgan fingerprint density at radius 3 is 3.18 bits per heavy atom. The standard InChI is InChI=1S/C10H12S/c1-8-4-5-10-9(7-8)3-2-6-11-10/h4-5,7H,2-3,6H2,1H3. The average molecular weight is 164 g/mol. The Morgan fingerprint density at radius 1 is 1.36 bits per heavy atom. The van der Waals surface area contributed by atoms with Crippen LogP contribution in [0.3, 0.4) is 0 Å². The lowest BCUT2D eigenvalue weighted by atomic mass is 10.1. The summed E-state index contributed by atoms with van der Waals surface area (Å²) >= 11 is 2.00. The first-order valence-corrected chi connectivity index (χ1v) is 5.07. The molecule has 1 aliphatic rings. The molecule has 0 nitrogen and oxygen atoms in total. The molecule has 1 aromatic rings. The van der Waals surface area contributed by atoms with Crippen LogP contribution in [0.2, 0.25) is 0 Å². The summed E-state index contributed by atoms with van der Waals surface area (Å²) in [6.45, 7) is 2.17. The van der Waals surface area contributed by atoms with Gasteiger partial charge in [-0.15, -0.1) is 11.8 Å². The average Bonchev–Trinajstić information content (AvgIpc) is 2.04. The predicted molar refractivity (Wildman–Crippen MR) is 50.2 cm³/mol. The van der Waals surface area contributed by atoms with E-state index in [4.69, 9.17) is 0 Å². The number of fused-ring (bicyclic) bond motifs is 1. The van der Waals surface area contributed by atoms with E-state index in [2.05, 4.69) is 25.1 Å². The highest BCUT2D eigenvalue weighted by molar-refractivity contribution is 7.99. The molecule has 2 rings (SSSR count). The van der Waals surface area contributed by atoms with Gasteiger partial charge in [0.1, 0.15) is 0 Å². The maximum absolute atomic E-state index is 2.32. The summed E-state index contributed by atoms with van der Waals surface area (Å²) in [5.41, 5.74) is 2.95. The van der Waals surface area contributed by atoms with Crippen LogP contribution in [0, 0.1) is 6.92 Å². The second-order valence-corrected chi connectivity index (χ2v) is 4.20. The minimum absolute atomic E-state index is 1.28. The van der Waals surface area contributed by atoms with Crippen LogP contribution in [0.15, 0.2) is 23.1 Å². The molecule has 0 fully saturated rings. The lowest BCUT2D eigenvalue weighted by molar-refractivity contribution is 0.888. The highest BCUT2D eigenvalue weighted by Gasteiger charge is 2.08. The fourth-order valence-corrected chi connectivity index (χ4v) is 2.51. The first-order valence-electron chi connectivity index (χ1n) is 4.08. The van der Waals surface area contributed by atoms with Gasteiger partial charge in [0.2, 0.25) is 0 Å². The summed E-state index contributed by atoms with van der Waals surface area (Å²) in [7, 11) is 0. The van der Waals surface area contributed by atoms with Gasteiger partial charge in [-0.25, -0.2) is 0 Å². The van der Waals surface area contributed by atoms with E-state index in [-0.39, 0.29) is 0 Å². The highest BCUT2D eigenvalue weighted by Crippen LogP contribution is 2.30. The fraction of sp³-hybridized carbons (Fsp3) is 0.400. The van der Waals surface area contributed by atoms with E-state index in [0.717, 1.165) is 0 Å². The van der Waals surface area contributed by atoms with Gasteiger partial charge in [0.25, 0.3) is 0 Å². The second kappa shape index (κ2) is 2.90. The van der Waals surface area contributed by atoms with Crippen molar-refractivity contribution in [1.29, 1.82) is 0 Å². The predicted octanol–water partition coefficient (Wildman–Crippen LogP) is 3.03. The van der Waals surface area contributed by atoms with Crippen LogP contribution < -0.4 is 0 Å². The molecule has 0 bridgehead atoms. The van der Waals surface area contributed by atoms with E-state index in [1.807, 2.05) is 11.8 Å². The third kappa shape index (κ3) is 1.43. The Kier molecular flexibility index (Phi) is 1.91. The van der Waals surface area contributed by atoms with Gasteiger partial charge in [-0.05, 0) is 37.1 Å². The molecule has 11 heavy (non-hydrogen) atoms. The minimum atomic E-state index is 1.28. The number of hydrogen-bond donors (Lipinski definition) is 0. The summed E-state index contributed by atoms with van der Waals surface area (Å²) in [4.78, 5) is 1.50. The molecular weight excluding hydrogens is 152 g/mol. The topological polar surface area (TPSA) is 0 Å². The highest BCUT2D eigenvalue weighted by atomic mass is 32.2. The van der Waals surface area contributed by atoms with Gasteiger partial charge >= 0.3 is 0 Å². The summed E-state index contributed by atoms with van der Waals surface area (Å²) in [6.07, 6.45) is 2.63. The SMILES string of the molecule is Cc1ccc2c(c1)CCCS2. The minimum Gasteiger partial charge on any atom is -0.126 e. The third-order valence-corrected chi connectivity index (χ3v) is 3.27. The van der Waals surface area contributed by atoms with Gasteiger partial charge in [0, 0.05) is 4.90 Å². The molecule has 1 heteroatoms. The van der Waals surface area contributed by atoms with E-state index in [1.54, 1.807) is 5.56 Å². The van der Waals surface area contributed by atoms with Crippen molar-refractivity contribution in [2.45, 2.75) is 24.7 Å². The second-order valence-electron chi connectivity index (χ2n) is 3.06. The molecule has 0 N–H and O–H groups in total. The van der Waals surface area contributed by atoms with Crippen molar-refractivity contribution in [2.24, 2.45) is 0 Å². The van der Waals surface area contributed by atoms with E-state index in [1.165, 1.54) is 29.1 Å². The van der Waals surface area contributed by atoms with Crippen molar-refractivity contribution in [3.63, 3.8) is 0 Å². The van der Waals surface area contributed by atoms with Crippen molar-refractivity contribution in [3.05, 3.63) is 29.3 Å².